The van der Waals surface area contributed by atoms with Crippen LogP contribution in [0.25, 0.3) is 10.9 Å². The van der Waals surface area contributed by atoms with Gasteiger partial charge >= 0.3 is 11.8 Å². The van der Waals surface area contributed by atoms with Crippen LogP contribution in [0.5, 0.6) is 0 Å². The summed E-state index contributed by atoms with van der Waals surface area (Å²) in [5.74, 6) is -1.59. The maximum absolute atomic E-state index is 11.9. The number of fused-ring (bicyclic) bond motifs is 1. The third-order valence-electron chi connectivity index (χ3n) is 3.59. The number of H-pyrrole nitrogens is 1. The molecule has 120 valence electrons. The van der Waals surface area contributed by atoms with Gasteiger partial charge in [-0.05, 0) is 24.6 Å². The second-order valence-corrected chi connectivity index (χ2v) is 5.26. The first kappa shape index (κ1) is 15.5. The third kappa shape index (κ3) is 3.33. The quantitative estimate of drug-likeness (QED) is 0.393. The largest absolute Gasteiger partial charge is 0.361 e. The van der Waals surface area contributed by atoms with E-state index in [1.807, 2.05) is 43.3 Å². The molecule has 3 N–H and O–H groups in total. The minimum absolute atomic E-state index is 0.596. The Kier molecular flexibility index (Phi) is 4.38. The summed E-state index contributed by atoms with van der Waals surface area (Å²) >= 11 is 0. The number of nitrogens with zero attached hydrogens (tertiary/aromatic N) is 1. The van der Waals surface area contributed by atoms with Crippen molar-refractivity contribution < 1.29 is 9.59 Å². The number of para-hydroxylation sites is 2. The van der Waals surface area contributed by atoms with Gasteiger partial charge in [-0.25, -0.2) is 5.43 Å². The van der Waals surface area contributed by atoms with Crippen molar-refractivity contribution in [2.45, 2.75) is 6.92 Å². The molecule has 0 unspecified atom stereocenters. The van der Waals surface area contributed by atoms with Crippen LogP contribution in [0.1, 0.15) is 11.1 Å². The van der Waals surface area contributed by atoms with Crippen LogP contribution in [-0.4, -0.2) is 23.0 Å². The summed E-state index contributed by atoms with van der Waals surface area (Å²) in [4.78, 5) is 26.8. The fourth-order valence-electron chi connectivity index (χ4n) is 2.30. The highest BCUT2D eigenvalue weighted by molar-refractivity contribution is 6.39. The average molecular weight is 320 g/mol. The Hall–Kier alpha value is -3.41. The molecule has 0 fully saturated rings. The van der Waals surface area contributed by atoms with E-state index in [9.17, 15) is 9.59 Å². The summed E-state index contributed by atoms with van der Waals surface area (Å²) < 4.78 is 0. The number of rotatable bonds is 3. The number of anilines is 1. The number of aromatic amines is 1. The summed E-state index contributed by atoms with van der Waals surface area (Å²) in [5.41, 5.74) is 5.50. The molecule has 0 saturated carbocycles. The fourth-order valence-corrected chi connectivity index (χ4v) is 2.30. The first-order valence-electron chi connectivity index (χ1n) is 7.41. The molecule has 0 spiro atoms. The molecule has 3 aromatic rings. The Labute approximate surface area is 138 Å². The molecule has 0 aliphatic rings. The van der Waals surface area contributed by atoms with Gasteiger partial charge in [0.15, 0.2) is 0 Å². The Bertz CT molecular complexity index is 927. The molecule has 0 atom stereocenters. The van der Waals surface area contributed by atoms with E-state index < -0.39 is 11.8 Å². The van der Waals surface area contributed by atoms with E-state index in [-0.39, 0.29) is 0 Å². The van der Waals surface area contributed by atoms with E-state index in [2.05, 4.69) is 20.8 Å². The van der Waals surface area contributed by atoms with Crippen molar-refractivity contribution in [3.63, 3.8) is 0 Å². The molecule has 3 rings (SSSR count). The summed E-state index contributed by atoms with van der Waals surface area (Å²) in [7, 11) is 0. The summed E-state index contributed by atoms with van der Waals surface area (Å²) in [6, 6.07) is 15.0. The lowest BCUT2D eigenvalue weighted by Gasteiger charge is -2.06. The van der Waals surface area contributed by atoms with E-state index in [0.29, 0.717) is 5.69 Å². The maximum Gasteiger partial charge on any atom is 0.329 e. The van der Waals surface area contributed by atoms with Crippen molar-refractivity contribution in [3.8, 4) is 0 Å². The number of carbonyl (C=O) groups is 2. The minimum Gasteiger partial charge on any atom is -0.361 e. The number of amides is 2. The van der Waals surface area contributed by atoms with Gasteiger partial charge in [-0.15, -0.1) is 0 Å². The van der Waals surface area contributed by atoms with Gasteiger partial charge in [-0.3, -0.25) is 9.59 Å². The summed E-state index contributed by atoms with van der Waals surface area (Å²) in [6.45, 7) is 1.85. The normalized spacial score (nSPS) is 10.9. The van der Waals surface area contributed by atoms with Gasteiger partial charge in [0.2, 0.25) is 0 Å². The van der Waals surface area contributed by atoms with Gasteiger partial charge in [0.05, 0.1) is 6.21 Å². The van der Waals surface area contributed by atoms with E-state index in [4.69, 9.17) is 0 Å². The van der Waals surface area contributed by atoms with Crippen LogP contribution >= 0.6 is 0 Å². The Balaban J connectivity index is 1.62. The smallest absolute Gasteiger partial charge is 0.329 e. The molecule has 2 aromatic carbocycles. The molecular formula is C18H16N4O2. The molecule has 0 aliphatic heterocycles. The van der Waals surface area contributed by atoms with Crippen LogP contribution in [0.2, 0.25) is 0 Å². The number of hydrogen-bond acceptors (Lipinski definition) is 3. The van der Waals surface area contributed by atoms with Crippen molar-refractivity contribution in [1.29, 1.82) is 0 Å². The Morgan fingerprint density at radius 3 is 2.62 bits per heavy atom. The van der Waals surface area contributed by atoms with Gasteiger partial charge in [0.25, 0.3) is 0 Å². The highest BCUT2D eigenvalue weighted by Gasteiger charge is 2.13. The lowest BCUT2D eigenvalue weighted by molar-refractivity contribution is -0.136. The number of aryl methyl sites for hydroxylation is 1. The van der Waals surface area contributed by atoms with Crippen LogP contribution in [-0.2, 0) is 9.59 Å². The van der Waals surface area contributed by atoms with Gasteiger partial charge in [-0.2, -0.15) is 5.10 Å². The number of hydrogen-bond donors (Lipinski definition) is 3. The molecule has 2 amide bonds. The predicted molar refractivity (Wildman–Crippen MR) is 93.8 cm³/mol. The molecule has 0 bridgehead atoms. The molecule has 6 heteroatoms. The first-order valence-corrected chi connectivity index (χ1v) is 7.41. The van der Waals surface area contributed by atoms with Gasteiger partial charge < -0.3 is 10.3 Å². The maximum atomic E-state index is 11.9. The topological polar surface area (TPSA) is 86.3 Å². The van der Waals surface area contributed by atoms with E-state index in [1.54, 1.807) is 18.3 Å². The highest BCUT2D eigenvalue weighted by atomic mass is 16.2. The van der Waals surface area contributed by atoms with Crippen LogP contribution in [0.4, 0.5) is 5.69 Å². The number of benzene rings is 2. The van der Waals surface area contributed by atoms with Crippen LogP contribution in [0.3, 0.4) is 0 Å². The summed E-state index contributed by atoms with van der Waals surface area (Å²) in [6.07, 6.45) is 3.28. The Morgan fingerprint density at radius 1 is 1.04 bits per heavy atom. The zero-order valence-corrected chi connectivity index (χ0v) is 13.0. The number of hydrazone groups is 1. The van der Waals surface area contributed by atoms with Crippen LogP contribution in [0.15, 0.2) is 59.8 Å². The third-order valence-corrected chi connectivity index (χ3v) is 3.59. The number of aromatic nitrogens is 1. The second-order valence-electron chi connectivity index (χ2n) is 5.26. The molecular weight excluding hydrogens is 304 g/mol. The minimum atomic E-state index is -0.825. The highest BCUT2D eigenvalue weighted by Crippen LogP contribution is 2.15. The van der Waals surface area contributed by atoms with Crippen molar-refractivity contribution in [2.24, 2.45) is 5.10 Å². The van der Waals surface area contributed by atoms with Crippen molar-refractivity contribution >= 4 is 34.6 Å². The first-order chi connectivity index (χ1) is 11.6. The Morgan fingerprint density at radius 2 is 1.79 bits per heavy atom. The summed E-state index contributed by atoms with van der Waals surface area (Å²) in [5, 5.41) is 7.38. The van der Waals surface area contributed by atoms with Crippen LogP contribution in [0, 0.1) is 6.92 Å². The van der Waals surface area contributed by atoms with Crippen LogP contribution < -0.4 is 10.7 Å². The molecule has 0 saturated heterocycles. The van der Waals surface area contributed by atoms with Gasteiger partial charge in [0.1, 0.15) is 0 Å². The molecule has 1 heterocycles. The standard InChI is InChI=1S/C18H16N4O2/c1-12-6-2-4-8-15(12)21-17(23)18(24)22-20-11-13-10-19-16-9-5-3-7-14(13)16/h2-11,19H,1H3,(H,21,23)(H,22,24)/b20-11-. The van der Waals surface area contributed by atoms with E-state index >= 15 is 0 Å². The van der Waals surface area contributed by atoms with Gasteiger partial charge in [0, 0.05) is 28.4 Å². The van der Waals surface area contributed by atoms with E-state index in [1.165, 1.54) is 6.21 Å². The molecule has 0 aliphatic carbocycles. The molecule has 24 heavy (non-hydrogen) atoms. The van der Waals surface area contributed by atoms with Gasteiger partial charge in [-0.1, -0.05) is 36.4 Å². The zero-order valence-electron chi connectivity index (χ0n) is 13.0. The lowest BCUT2D eigenvalue weighted by Crippen LogP contribution is -2.32. The monoisotopic (exact) mass is 320 g/mol. The average Bonchev–Trinajstić information content (AvgIpc) is 3.00. The zero-order chi connectivity index (χ0) is 16.9. The predicted octanol–water partition coefficient (Wildman–Crippen LogP) is 2.57. The second kappa shape index (κ2) is 6.78. The van der Waals surface area contributed by atoms with Crippen molar-refractivity contribution in [3.05, 3.63) is 65.9 Å². The lowest BCUT2D eigenvalue weighted by atomic mass is 10.2. The van der Waals surface area contributed by atoms with Crippen molar-refractivity contribution in [1.82, 2.24) is 10.4 Å². The van der Waals surface area contributed by atoms with E-state index in [0.717, 1.165) is 22.0 Å². The fraction of sp³-hybridized carbons (Fsp3) is 0.0556. The SMILES string of the molecule is Cc1ccccc1NC(=O)C(=O)N/N=C\c1c[nH]c2ccccc12. The van der Waals surface area contributed by atoms with Crippen molar-refractivity contribution in [2.75, 3.05) is 5.32 Å². The number of nitrogens with one attached hydrogen (secondary N) is 3. The molecule has 0 radical (unpaired) electrons. The molecule has 6 nitrogen and oxygen atoms in total. The molecule has 1 aromatic heterocycles. The number of carbonyl (C=O) groups excluding carboxylic acids is 2.